The van der Waals surface area contributed by atoms with E-state index in [1.807, 2.05) is 48.5 Å². The number of rotatable bonds is 11. The number of fused-ring (bicyclic) bond motifs is 1. The van der Waals surface area contributed by atoms with Gasteiger partial charge in [-0.3, -0.25) is 9.59 Å². The molecule has 0 bridgehead atoms. The van der Waals surface area contributed by atoms with Crippen molar-refractivity contribution in [2.24, 2.45) is 0 Å². The smallest absolute Gasteiger partial charge is 0.290 e. The molecule has 1 aliphatic rings. The fraction of sp³-hybridized carbons (Fsp3) is 0.250. The SMILES string of the molecule is CCCCCOc1ccc([C@H]2C(C(=O)c3cc4ccccc4o3)=C(O)C(=O)N2Cc2ccccc2)cc1OC. The summed E-state index contributed by atoms with van der Waals surface area (Å²) in [6, 6.07) is 22.8. The lowest BCUT2D eigenvalue weighted by molar-refractivity contribution is -0.130. The van der Waals surface area contributed by atoms with E-state index in [9.17, 15) is 14.7 Å². The Morgan fingerprint density at radius 1 is 0.974 bits per heavy atom. The first-order valence-electron chi connectivity index (χ1n) is 13.1. The van der Waals surface area contributed by atoms with Gasteiger partial charge in [0, 0.05) is 11.9 Å². The van der Waals surface area contributed by atoms with Gasteiger partial charge in [0.05, 0.1) is 25.3 Å². The fourth-order valence-corrected chi connectivity index (χ4v) is 4.91. The van der Waals surface area contributed by atoms with Crippen LogP contribution in [0, 0.1) is 0 Å². The summed E-state index contributed by atoms with van der Waals surface area (Å²) in [6.45, 7) is 2.89. The number of ketones is 1. The summed E-state index contributed by atoms with van der Waals surface area (Å²) < 4.78 is 17.4. The number of para-hydroxylation sites is 1. The maximum atomic E-state index is 13.8. The number of carbonyl (C=O) groups excluding carboxylic acids is 2. The Hall–Kier alpha value is -4.52. The second-order valence-corrected chi connectivity index (χ2v) is 9.53. The molecular formula is C32H31NO6. The van der Waals surface area contributed by atoms with Crippen molar-refractivity contribution < 1.29 is 28.6 Å². The van der Waals surface area contributed by atoms with Crippen molar-refractivity contribution in [1.82, 2.24) is 4.90 Å². The van der Waals surface area contributed by atoms with Gasteiger partial charge in [-0.05, 0) is 41.8 Å². The molecule has 5 rings (SSSR count). The van der Waals surface area contributed by atoms with Crippen molar-refractivity contribution >= 4 is 22.7 Å². The summed E-state index contributed by atoms with van der Waals surface area (Å²) in [5.74, 6) is -0.633. The van der Waals surface area contributed by atoms with E-state index in [0.717, 1.165) is 30.2 Å². The molecule has 39 heavy (non-hydrogen) atoms. The first-order chi connectivity index (χ1) is 19.0. The number of ether oxygens (including phenoxy) is 2. The van der Waals surface area contributed by atoms with Gasteiger partial charge in [-0.1, -0.05) is 74.4 Å². The number of carbonyl (C=O) groups is 2. The standard InChI is InChI=1S/C32H31NO6/c1-3-4-10-17-38-25-16-15-23(19-26(25)37-2)29-28(30(34)27-18-22-13-8-9-14-24(22)39-27)31(35)32(36)33(29)20-21-11-6-5-7-12-21/h5-9,11-16,18-19,29,35H,3-4,10,17,20H2,1-2H3/t29-/m0/s1. The van der Waals surface area contributed by atoms with Crippen LogP contribution in [0.1, 0.15) is 53.9 Å². The molecule has 2 heterocycles. The lowest BCUT2D eigenvalue weighted by Gasteiger charge is -2.27. The molecule has 1 aromatic heterocycles. The highest BCUT2D eigenvalue weighted by atomic mass is 16.5. The second kappa shape index (κ2) is 11.5. The number of furan rings is 1. The number of methoxy groups -OCH3 is 1. The summed E-state index contributed by atoms with van der Waals surface area (Å²) in [7, 11) is 1.55. The molecular weight excluding hydrogens is 494 g/mol. The van der Waals surface area contributed by atoms with Gasteiger partial charge in [-0.25, -0.2) is 0 Å². The molecule has 1 aliphatic heterocycles. The minimum Gasteiger partial charge on any atom is -0.503 e. The number of benzene rings is 3. The molecule has 4 aromatic rings. The highest BCUT2D eigenvalue weighted by Gasteiger charge is 2.44. The topological polar surface area (TPSA) is 89.2 Å². The van der Waals surface area contributed by atoms with Gasteiger partial charge in [-0.15, -0.1) is 0 Å². The Labute approximate surface area is 227 Å². The molecule has 0 unspecified atom stereocenters. The van der Waals surface area contributed by atoms with Crippen LogP contribution in [0.4, 0.5) is 0 Å². The van der Waals surface area contributed by atoms with Gasteiger partial charge >= 0.3 is 0 Å². The highest BCUT2D eigenvalue weighted by molar-refractivity contribution is 6.16. The van der Waals surface area contributed by atoms with Crippen molar-refractivity contribution in [3.05, 3.63) is 107 Å². The van der Waals surface area contributed by atoms with Crippen LogP contribution in [0.15, 0.2) is 94.6 Å². The van der Waals surface area contributed by atoms with Crippen molar-refractivity contribution in [3.8, 4) is 11.5 Å². The van der Waals surface area contributed by atoms with E-state index in [-0.39, 0.29) is 17.9 Å². The molecule has 7 heteroatoms. The summed E-state index contributed by atoms with van der Waals surface area (Å²) in [5.41, 5.74) is 1.99. The van der Waals surface area contributed by atoms with E-state index in [2.05, 4.69) is 6.92 Å². The first kappa shape index (κ1) is 26.1. The summed E-state index contributed by atoms with van der Waals surface area (Å²) in [4.78, 5) is 28.7. The van der Waals surface area contributed by atoms with Gasteiger partial charge in [0.25, 0.3) is 5.91 Å². The Morgan fingerprint density at radius 2 is 1.74 bits per heavy atom. The molecule has 0 saturated carbocycles. The van der Waals surface area contributed by atoms with Crippen molar-refractivity contribution in [1.29, 1.82) is 0 Å². The van der Waals surface area contributed by atoms with Crippen LogP contribution in [-0.4, -0.2) is 35.4 Å². The lowest BCUT2D eigenvalue weighted by atomic mass is 9.94. The van der Waals surface area contributed by atoms with E-state index in [1.165, 1.54) is 4.90 Å². The third kappa shape index (κ3) is 5.25. The van der Waals surface area contributed by atoms with Crippen LogP contribution < -0.4 is 9.47 Å². The van der Waals surface area contributed by atoms with Crippen molar-refractivity contribution in [2.75, 3.05) is 13.7 Å². The molecule has 0 fully saturated rings. The van der Waals surface area contributed by atoms with Gasteiger partial charge in [0.1, 0.15) is 5.58 Å². The van der Waals surface area contributed by atoms with Gasteiger partial charge in [-0.2, -0.15) is 0 Å². The fourth-order valence-electron chi connectivity index (χ4n) is 4.91. The molecule has 0 radical (unpaired) electrons. The average Bonchev–Trinajstić information content (AvgIpc) is 3.51. The quantitative estimate of drug-likeness (QED) is 0.171. The van der Waals surface area contributed by atoms with Crippen LogP contribution in [-0.2, 0) is 11.3 Å². The Balaban J connectivity index is 1.55. The minimum atomic E-state index is -0.860. The number of nitrogens with zero attached hydrogens (tertiary/aromatic N) is 1. The molecule has 1 atom stereocenters. The number of amides is 1. The number of hydrogen-bond donors (Lipinski definition) is 1. The van der Waals surface area contributed by atoms with E-state index < -0.39 is 23.5 Å². The molecule has 3 aromatic carbocycles. The number of aliphatic hydroxyl groups excluding tert-OH is 1. The Kier molecular flexibility index (Phi) is 7.68. The van der Waals surface area contributed by atoms with Crippen LogP contribution >= 0.6 is 0 Å². The zero-order valence-corrected chi connectivity index (χ0v) is 22.1. The Morgan fingerprint density at radius 3 is 2.49 bits per heavy atom. The maximum Gasteiger partial charge on any atom is 0.290 e. The predicted molar refractivity (Wildman–Crippen MR) is 148 cm³/mol. The van der Waals surface area contributed by atoms with Gasteiger partial charge < -0.3 is 23.9 Å². The van der Waals surface area contributed by atoms with Crippen LogP contribution in [0.5, 0.6) is 11.5 Å². The zero-order valence-electron chi connectivity index (χ0n) is 22.1. The molecule has 1 N–H and O–H groups in total. The van der Waals surface area contributed by atoms with E-state index in [1.54, 1.807) is 37.4 Å². The van der Waals surface area contributed by atoms with Crippen LogP contribution in [0.3, 0.4) is 0 Å². The summed E-state index contributed by atoms with van der Waals surface area (Å²) >= 11 is 0. The normalized spacial score (nSPS) is 15.3. The van der Waals surface area contributed by atoms with E-state index in [0.29, 0.717) is 29.3 Å². The summed E-state index contributed by atoms with van der Waals surface area (Å²) in [6.07, 6.45) is 3.08. The monoisotopic (exact) mass is 525 g/mol. The van der Waals surface area contributed by atoms with E-state index >= 15 is 0 Å². The molecule has 200 valence electrons. The van der Waals surface area contributed by atoms with Crippen LogP contribution in [0.25, 0.3) is 11.0 Å². The number of aliphatic hydroxyl groups is 1. The number of unbranched alkanes of at least 4 members (excludes halogenated alkanes) is 2. The lowest BCUT2D eigenvalue weighted by Crippen LogP contribution is -2.30. The second-order valence-electron chi connectivity index (χ2n) is 9.53. The molecule has 1 amide bonds. The van der Waals surface area contributed by atoms with Crippen LogP contribution in [0.2, 0.25) is 0 Å². The maximum absolute atomic E-state index is 13.8. The molecule has 0 saturated heterocycles. The van der Waals surface area contributed by atoms with E-state index in [4.69, 9.17) is 13.9 Å². The van der Waals surface area contributed by atoms with Gasteiger partial charge in [0.15, 0.2) is 23.0 Å². The molecule has 0 aliphatic carbocycles. The van der Waals surface area contributed by atoms with Gasteiger partial charge in [0.2, 0.25) is 5.78 Å². The third-order valence-corrected chi connectivity index (χ3v) is 6.90. The number of Topliss-reactive ketones (excluding diaryl/α,β-unsaturated/α-hetero) is 1. The molecule has 7 nitrogen and oxygen atoms in total. The van der Waals surface area contributed by atoms with Crippen molar-refractivity contribution in [2.45, 2.75) is 38.8 Å². The zero-order chi connectivity index (χ0) is 27.4. The predicted octanol–water partition coefficient (Wildman–Crippen LogP) is 6.79. The largest absolute Gasteiger partial charge is 0.503 e. The summed E-state index contributed by atoms with van der Waals surface area (Å²) in [5, 5.41) is 11.8. The Bertz CT molecular complexity index is 1490. The van der Waals surface area contributed by atoms with Crippen molar-refractivity contribution in [3.63, 3.8) is 0 Å². The third-order valence-electron chi connectivity index (χ3n) is 6.90. The molecule has 0 spiro atoms. The average molecular weight is 526 g/mol. The number of hydrogen-bond acceptors (Lipinski definition) is 6. The first-order valence-corrected chi connectivity index (χ1v) is 13.1. The highest BCUT2D eigenvalue weighted by Crippen LogP contribution is 2.43. The minimum absolute atomic E-state index is 0.0337.